The normalized spacial score (nSPS) is 11.1. The van der Waals surface area contributed by atoms with Crippen LogP contribution < -0.4 is 0 Å². The largest absolute Gasteiger partial charge is 0.207 e. The first kappa shape index (κ1) is 15.8. The Balaban J connectivity index is 0.00000225. The molecule has 0 unspecified atom stereocenters. The summed E-state index contributed by atoms with van der Waals surface area (Å²) in [5.74, 6) is -0.941. The molecule has 0 N–H and O–H groups in total. The van der Waals surface area contributed by atoms with E-state index < -0.39 is 11.6 Å². The molecule has 0 aromatic heterocycles. The van der Waals surface area contributed by atoms with Gasteiger partial charge in [-0.2, -0.15) is 0 Å². The fourth-order valence-corrected chi connectivity index (χ4v) is 1.95. The maximum absolute atomic E-state index is 13.4. The van der Waals surface area contributed by atoms with Crippen LogP contribution in [0.15, 0.2) is 18.2 Å². The Kier molecular flexibility index (Phi) is 6.43. The van der Waals surface area contributed by atoms with Crippen LogP contribution in [0.3, 0.4) is 0 Å². The van der Waals surface area contributed by atoms with Gasteiger partial charge in [-0.15, -0.1) is 0 Å². The van der Waals surface area contributed by atoms with Crippen LogP contribution in [0, 0.1) is 17.0 Å². The molecular weight excluding hydrogens is 242 g/mol. The molecule has 3 heteroatoms. The maximum atomic E-state index is 13.4. The van der Waals surface area contributed by atoms with Gasteiger partial charge in [0.05, 0.1) is 0 Å². The van der Waals surface area contributed by atoms with E-state index in [-0.39, 0.29) is 27.1 Å². The van der Waals surface area contributed by atoms with Gasteiger partial charge in [0, 0.05) is 27.8 Å². The SMILES string of the molecule is CCCC(C)(C)Cc1ccc(F)cc1F.[Ti]. The summed E-state index contributed by atoms with van der Waals surface area (Å²) in [6, 6.07) is 3.82. The van der Waals surface area contributed by atoms with Crippen LogP contribution >= 0.6 is 0 Å². The summed E-state index contributed by atoms with van der Waals surface area (Å²) >= 11 is 0. The van der Waals surface area contributed by atoms with Gasteiger partial charge in [-0.05, 0) is 29.9 Å². The molecule has 0 nitrogen and oxygen atoms in total. The fraction of sp³-hybridized carbons (Fsp3) is 0.538. The molecule has 0 aliphatic rings. The van der Waals surface area contributed by atoms with E-state index in [1.807, 2.05) is 0 Å². The Labute approximate surface area is 111 Å². The van der Waals surface area contributed by atoms with Crippen molar-refractivity contribution in [2.45, 2.75) is 40.0 Å². The van der Waals surface area contributed by atoms with Crippen LogP contribution in [0.5, 0.6) is 0 Å². The summed E-state index contributed by atoms with van der Waals surface area (Å²) in [5, 5.41) is 0. The Morgan fingerprint density at radius 1 is 1.19 bits per heavy atom. The Hall–Kier alpha value is -0.206. The minimum atomic E-state index is -0.510. The average molecular weight is 260 g/mol. The van der Waals surface area contributed by atoms with Crippen molar-refractivity contribution in [1.29, 1.82) is 0 Å². The van der Waals surface area contributed by atoms with Crippen LogP contribution in [0.1, 0.15) is 39.2 Å². The zero-order valence-corrected chi connectivity index (χ0v) is 11.7. The van der Waals surface area contributed by atoms with Crippen molar-refractivity contribution in [3.05, 3.63) is 35.4 Å². The third-order valence-corrected chi connectivity index (χ3v) is 2.61. The Bertz CT molecular complexity index is 335. The first-order chi connectivity index (χ1) is 6.94. The Morgan fingerprint density at radius 3 is 2.31 bits per heavy atom. The summed E-state index contributed by atoms with van der Waals surface area (Å²) < 4.78 is 26.1. The van der Waals surface area contributed by atoms with Crippen LogP contribution in [0.2, 0.25) is 0 Å². The fourth-order valence-electron chi connectivity index (χ4n) is 1.95. The molecule has 0 aliphatic heterocycles. The second-order valence-electron chi connectivity index (χ2n) is 4.83. The quantitative estimate of drug-likeness (QED) is 0.707. The van der Waals surface area contributed by atoms with Gasteiger partial charge in [0.25, 0.3) is 0 Å². The van der Waals surface area contributed by atoms with Crippen LogP contribution in [0.25, 0.3) is 0 Å². The third-order valence-electron chi connectivity index (χ3n) is 2.61. The molecule has 1 aromatic carbocycles. The second-order valence-corrected chi connectivity index (χ2v) is 4.83. The molecule has 0 fully saturated rings. The van der Waals surface area contributed by atoms with E-state index in [9.17, 15) is 8.78 Å². The molecule has 0 saturated carbocycles. The topological polar surface area (TPSA) is 0 Å². The van der Waals surface area contributed by atoms with Crippen molar-refractivity contribution in [3.8, 4) is 0 Å². The first-order valence-electron chi connectivity index (χ1n) is 5.38. The molecule has 0 bridgehead atoms. The van der Waals surface area contributed by atoms with Gasteiger partial charge in [0.1, 0.15) is 11.6 Å². The number of benzene rings is 1. The predicted molar refractivity (Wildman–Crippen MR) is 58.8 cm³/mol. The van der Waals surface area contributed by atoms with Crippen LogP contribution in [0.4, 0.5) is 8.78 Å². The number of hydrogen-bond donors (Lipinski definition) is 0. The van der Waals surface area contributed by atoms with Gasteiger partial charge in [-0.25, -0.2) is 8.78 Å². The molecule has 0 amide bonds. The van der Waals surface area contributed by atoms with Crippen molar-refractivity contribution in [3.63, 3.8) is 0 Å². The van der Waals surface area contributed by atoms with E-state index in [1.165, 1.54) is 6.07 Å². The van der Waals surface area contributed by atoms with E-state index >= 15 is 0 Å². The van der Waals surface area contributed by atoms with Crippen LogP contribution in [-0.2, 0) is 28.1 Å². The van der Waals surface area contributed by atoms with E-state index in [0.29, 0.717) is 12.0 Å². The maximum Gasteiger partial charge on any atom is 0.129 e. The number of halogens is 2. The van der Waals surface area contributed by atoms with Crippen molar-refractivity contribution < 1.29 is 30.5 Å². The summed E-state index contributed by atoms with van der Waals surface area (Å²) in [7, 11) is 0. The molecule has 88 valence electrons. The van der Waals surface area contributed by atoms with Gasteiger partial charge in [0.15, 0.2) is 0 Å². The molecule has 0 aliphatic carbocycles. The van der Waals surface area contributed by atoms with Gasteiger partial charge in [-0.3, -0.25) is 0 Å². The molecule has 16 heavy (non-hydrogen) atoms. The van der Waals surface area contributed by atoms with E-state index in [0.717, 1.165) is 18.9 Å². The Morgan fingerprint density at radius 2 is 1.81 bits per heavy atom. The van der Waals surface area contributed by atoms with Gasteiger partial charge in [0.2, 0.25) is 0 Å². The molecular formula is C13H18F2Ti. The third kappa shape index (κ3) is 4.75. The van der Waals surface area contributed by atoms with E-state index in [1.54, 1.807) is 6.07 Å². The molecule has 0 saturated heterocycles. The van der Waals surface area contributed by atoms with Gasteiger partial charge in [-0.1, -0.05) is 33.3 Å². The van der Waals surface area contributed by atoms with Gasteiger partial charge < -0.3 is 0 Å². The summed E-state index contributed by atoms with van der Waals surface area (Å²) in [5.41, 5.74) is 0.683. The molecule has 0 atom stereocenters. The summed E-state index contributed by atoms with van der Waals surface area (Å²) in [6.07, 6.45) is 2.78. The second kappa shape index (κ2) is 6.51. The number of rotatable bonds is 4. The minimum Gasteiger partial charge on any atom is -0.207 e. The van der Waals surface area contributed by atoms with Crippen molar-refractivity contribution in [1.82, 2.24) is 0 Å². The zero-order valence-electron chi connectivity index (χ0n) is 10.1. The number of hydrogen-bond acceptors (Lipinski definition) is 0. The van der Waals surface area contributed by atoms with Crippen molar-refractivity contribution in [2.24, 2.45) is 5.41 Å². The van der Waals surface area contributed by atoms with Crippen molar-refractivity contribution >= 4 is 0 Å². The molecule has 1 rings (SSSR count). The van der Waals surface area contributed by atoms with Gasteiger partial charge >= 0.3 is 0 Å². The predicted octanol–water partition coefficient (Wildman–Crippen LogP) is 4.33. The average Bonchev–Trinajstić information content (AvgIpc) is 2.09. The molecule has 0 heterocycles. The van der Waals surface area contributed by atoms with E-state index in [2.05, 4.69) is 20.8 Å². The standard InChI is InChI=1S/C13H18F2.Ti/c1-4-7-13(2,3)9-10-5-6-11(14)8-12(10)15;/h5-6,8H,4,7,9H2,1-3H3;. The minimum absolute atomic E-state index is 0. The first-order valence-corrected chi connectivity index (χ1v) is 5.38. The van der Waals surface area contributed by atoms with Crippen molar-refractivity contribution in [2.75, 3.05) is 0 Å². The monoisotopic (exact) mass is 260 g/mol. The summed E-state index contributed by atoms with van der Waals surface area (Å²) in [4.78, 5) is 0. The molecule has 0 spiro atoms. The molecule has 1 aromatic rings. The zero-order chi connectivity index (χ0) is 11.5. The van der Waals surface area contributed by atoms with E-state index in [4.69, 9.17) is 0 Å². The summed E-state index contributed by atoms with van der Waals surface area (Å²) in [6.45, 7) is 6.33. The smallest absolute Gasteiger partial charge is 0.129 e. The van der Waals surface area contributed by atoms with Crippen LogP contribution in [-0.4, -0.2) is 0 Å². The molecule has 0 radical (unpaired) electrons.